The Labute approximate surface area is 162 Å². The molecule has 3 heterocycles. The number of hydrogen-bond donors (Lipinski definition) is 1. The Balaban J connectivity index is 1.33. The number of aromatic nitrogens is 2. The molecule has 0 bridgehead atoms. The summed E-state index contributed by atoms with van der Waals surface area (Å²) in [5.41, 5.74) is 0. The Morgan fingerprint density at radius 2 is 1.96 bits per heavy atom. The molecule has 0 unspecified atom stereocenters. The number of carbonyl (C=O) groups excluding carboxylic acids is 1. The minimum Gasteiger partial charge on any atom is -0.467 e. The molecular formula is C20H33N5O2. The van der Waals surface area contributed by atoms with Crippen LogP contribution in [0.1, 0.15) is 39.0 Å². The lowest BCUT2D eigenvalue weighted by Gasteiger charge is -2.32. The van der Waals surface area contributed by atoms with E-state index in [9.17, 15) is 4.79 Å². The number of anilines is 1. The monoisotopic (exact) mass is 375 g/mol. The van der Waals surface area contributed by atoms with Crippen LogP contribution in [-0.4, -0.2) is 67.2 Å². The van der Waals surface area contributed by atoms with Crippen molar-refractivity contribution in [2.24, 2.45) is 11.8 Å². The van der Waals surface area contributed by atoms with Crippen LogP contribution in [0.5, 0.6) is 6.01 Å². The van der Waals surface area contributed by atoms with Gasteiger partial charge in [-0.3, -0.25) is 4.79 Å². The first-order valence-corrected chi connectivity index (χ1v) is 10.2. The van der Waals surface area contributed by atoms with Crippen LogP contribution >= 0.6 is 0 Å². The van der Waals surface area contributed by atoms with E-state index in [0.717, 1.165) is 50.8 Å². The van der Waals surface area contributed by atoms with Crippen LogP contribution in [0.3, 0.4) is 0 Å². The summed E-state index contributed by atoms with van der Waals surface area (Å²) in [4.78, 5) is 25.4. The van der Waals surface area contributed by atoms with Gasteiger partial charge >= 0.3 is 6.01 Å². The predicted octanol–water partition coefficient (Wildman–Crippen LogP) is 1.94. The summed E-state index contributed by atoms with van der Waals surface area (Å²) in [6, 6.07) is 2.31. The number of hydrogen-bond acceptors (Lipinski definition) is 6. The normalized spacial score (nSPS) is 19.9. The molecule has 0 spiro atoms. The fraction of sp³-hybridized carbons (Fsp3) is 0.750. The van der Waals surface area contributed by atoms with Crippen molar-refractivity contribution in [2.75, 3.05) is 51.3 Å². The lowest BCUT2D eigenvalue weighted by molar-refractivity contribution is -0.122. The van der Waals surface area contributed by atoms with E-state index in [-0.39, 0.29) is 5.91 Å². The number of nitrogens with one attached hydrogen (secondary N) is 1. The maximum Gasteiger partial charge on any atom is 0.318 e. The SMILES string of the molecule is COc1nccc(N2CCC(CC(=O)NCCN3CCC(C)CC3)CC2)n1. The first-order valence-electron chi connectivity index (χ1n) is 10.2. The van der Waals surface area contributed by atoms with Gasteiger partial charge < -0.3 is 19.9 Å². The van der Waals surface area contributed by atoms with Crippen LogP contribution in [0.4, 0.5) is 5.82 Å². The number of carbonyl (C=O) groups is 1. The zero-order valence-corrected chi connectivity index (χ0v) is 16.7. The largest absolute Gasteiger partial charge is 0.467 e. The summed E-state index contributed by atoms with van der Waals surface area (Å²) in [6.45, 7) is 8.26. The van der Waals surface area contributed by atoms with Gasteiger partial charge in [0.25, 0.3) is 0 Å². The lowest BCUT2D eigenvalue weighted by atomic mass is 9.93. The summed E-state index contributed by atoms with van der Waals surface area (Å²) in [5, 5.41) is 3.12. The molecule has 1 aromatic rings. The molecule has 7 heteroatoms. The van der Waals surface area contributed by atoms with Crippen molar-refractivity contribution in [3.05, 3.63) is 12.3 Å². The molecule has 1 N–H and O–H groups in total. The average Bonchev–Trinajstić information content (AvgIpc) is 2.70. The molecule has 2 aliphatic heterocycles. The van der Waals surface area contributed by atoms with E-state index < -0.39 is 0 Å². The summed E-state index contributed by atoms with van der Waals surface area (Å²) >= 11 is 0. The second-order valence-electron chi connectivity index (χ2n) is 7.91. The number of rotatable bonds is 7. The highest BCUT2D eigenvalue weighted by atomic mass is 16.5. The van der Waals surface area contributed by atoms with Crippen LogP contribution in [-0.2, 0) is 4.79 Å². The molecular weight excluding hydrogens is 342 g/mol. The summed E-state index contributed by atoms with van der Waals surface area (Å²) in [5.74, 6) is 2.41. The van der Waals surface area contributed by atoms with Crippen LogP contribution in [0.15, 0.2) is 12.3 Å². The van der Waals surface area contributed by atoms with Crippen molar-refractivity contribution >= 4 is 11.7 Å². The van der Waals surface area contributed by atoms with E-state index >= 15 is 0 Å². The maximum absolute atomic E-state index is 12.3. The minimum atomic E-state index is 0.197. The fourth-order valence-electron chi connectivity index (χ4n) is 3.95. The Hall–Kier alpha value is -1.89. The first-order chi connectivity index (χ1) is 13.1. The predicted molar refractivity (Wildman–Crippen MR) is 106 cm³/mol. The minimum absolute atomic E-state index is 0.197. The van der Waals surface area contributed by atoms with E-state index in [1.807, 2.05) is 6.07 Å². The number of piperidine rings is 2. The zero-order chi connectivity index (χ0) is 19.1. The fourth-order valence-corrected chi connectivity index (χ4v) is 3.95. The Morgan fingerprint density at radius 3 is 2.67 bits per heavy atom. The smallest absolute Gasteiger partial charge is 0.318 e. The number of likely N-dealkylation sites (tertiary alicyclic amines) is 1. The van der Waals surface area contributed by atoms with Crippen LogP contribution in [0, 0.1) is 11.8 Å². The number of nitrogens with zero attached hydrogens (tertiary/aromatic N) is 4. The lowest BCUT2D eigenvalue weighted by Crippen LogP contribution is -2.40. The van der Waals surface area contributed by atoms with E-state index in [2.05, 4.69) is 32.0 Å². The van der Waals surface area contributed by atoms with Crippen molar-refractivity contribution < 1.29 is 9.53 Å². The molecule has 0 aromatic carbocycles. The highest BCUT2D eigenvalue weighted by Gasteiger charge is 2.23. The number of methoxy groups -OCH3 is 1. The summed E-state index contributed by atoms with van der Waals surface area (Å²) in [7, 11) is 1.58. The maximum atomic E-state index is 12.3. The molecule has 27 heavy (non-hydrogen) atoms. The van der Waals surface area contributed by atoms with Crippen molar-refractivity contribution in [3.8, 4) is 6.01 Å². The van der Waals surface area contributed by atoms with E-state index in [4.69, 9.17) is 4.74 Å². The molecule has 2 aliphatic rings. The van der Waals surface area contributed by atoms with E-state index in [0.29, 0.717) is 18.3 Å². The number of ether oxygens (including phenoxy) is 1. The Kier molecular flexibility index (Phi) is 7.26. The zero-order valence-electron chi connectivity index (χ0n) is 16.7. The molecule has 1 amide bonds. The first kappa shape index (κ1) is 19.9. The van der Waals surface area contributed by atoms with Gasteiger partial charge in [0.1, 0.15) is 5.82 Å². The standard InChI is InChI=1S/C20H33N5O2/c1-16-4-10-24(11-5-16)14-9-21-19(26)15-17-6-12-25(13-7-17)18-3-8-22-20(23-18)27-2/h3,8,16-17H,4-7,9-15H2,1-2H3,(H,21,26). The third kappa shape index (κ3) is 6.06. The number of amides is 1. The molecule has 7 nitrogen and oxygen atoms in total. The quantitative estimate of drug-likeness (QED) is 0.785. The van der Waals surface area contributed by atoms with Crippen LogP contribution < -0.4 is 15.0 Å². The highest BCUT2D eigenvalue weighted by molar-refractivity contribution is 5.76. The van der Waals surface area contributed by atoms with Crippen molar-refractivity contribution in [1.29, 1.82) is 0 Å². The van der Waals surface area contributed by atoms with Crippen LogP contribution in [0.2, 0.25) is 0 Å². The molecule has 0 saturated carbocycles. The van der Waals surface area contributed by atoms with E-state index in [1.165, 1.54) is 25.9 Å². The van der Waals surface area contributed by atoms with Gasteiger partial charge in [-0.1, -0.05) is 6.92 Å². The third-order valence-electron chi connectivity index (χ3n) is 5.84. The summed E-state index contributed by atoms with van der Waals surface area (Å²) < 4.78 is 5.10. The van der Waals surface area contributed by atoms with Crippen LogP contribution in [0.25, 0.3) is 0 Å². The van der Waals surface area contributed by atoms with Gasteiger partial charge in [-0.2, -0.15) is 4.98 Å². The van der Waals surface area contributed by atoms with Crippen molar-refractivity contribution in [1.82, 2.24) is 20.2 Å². The molecule has 0 atom stereocenters. The van der Waals surface area contributed by atoms with Crippen molar-refractivity contribution in [2.45, 2.75) is 39.0 Å². The van der Waals surface area contributed by atoms with Gasteiger partial charge in [-0.15, -0.1) is 0 Å². The van der Waals surface area contributed by atoms with Gasteiger partial charge in [-0.25, -0.2) is 4.98 Å². The molecule has 0 aliphatic carbocycles. The van der Waals surface area contributed by atoms with Gasteiger partial charge in [-0.05, 0) is 56.7 Å². The van der Waals surface area contributed by atoms with Crippen molar-refractivity contribution in [3.63, 3.8) is 0 Å². The molecule has 3 rings (SSSR count). The highest BCUT2D eigenvalue weighted by Crippen LogP contribution is 2.24. The molecule has 2 fully saturated rings. The van der Waals surface area contributed by atoms with Gasteiger partial charge in [0.05, 0.1) is 7.11 Å². The molecule has 150 valence electrons. The van der Waals surface area contributed by atoms with Gasteiger partial charge in [0.2, 0.25) is 5.91 Å². The topological polar surface area (TPSA) is 70.6 Å². The third-order valence-corrected chi connectivity index (χ3v) is 5.84. The second-order valence-corrected chi connectivity index (χ2v) is 7.91. The second kappa shape index (κ2) is 9.88. The molecule has 0 radical (unpaired) electrons. The molecule has 1 aromatic heterocycles. The van der Waals surface area contributed by atoms with E-state index in [1.54, 1.807) is 13.3 Å². The average molecular weight is 376 g/mol. The van der Waals surface area contributed by atoms with Gasteiger partial charge in [0.15, 0.2) is 0 Å². The molecule has 2 saturated heterocycles. The van der Waals surface area contributed by atoms with Gasteiger partial charge in [0, 0.05) is 38.8 Å². The summed E-state index contributed by atoms with van der Waals surface area (Å²) in [6.07, 6.45) is 6.96. The Morgan fingerprint density at radius 1 is 1.22 bits per heavy atom. The Bertz CT molecular complexity index is 596.